The van der Waals surface area contributed by atoms with Crippen molar-refractivity contribution in [3.8, 4) is 0 Å². The van der Waals surface area contributed by atoms with Crippen molar-refractivity contribution in [3.63, 3.8) is 0 Å². The monoisotopic (exact) mass is 217 g/mol. The molecule has 1 aromatic carbocycles. The van der Waals surface area contributed by atoms with Gasteiger partial charge in [-0.05, 0) is 17.5 Å². The second kappa shape index (κ2) is 4.35. The smallest absolute Gasteiger partial charge is 0.253 e. The van der Waals surface area contributed by atoms with Crippen LogP contribution in [-0.2, 0) is 11.2 Å². The fraction of sp³-hybridized carbons (Fsp3) is 0.333. The number of nitrogens with one attached hydrogen (secondary N) is 2. The van der Waals surface area contributed by atoms with E-state index < -0.39 is 0 Å². The summed E-state index contributed by atoms with van der Waals surface area (Å²) in [7, 11) is 1.64. The van der Waals surface area contributed by atoms with Crippen molar-refractivity contribution >= 4 is 11.9 Å². The summed E-state index contributed by atoms with van der Waals surface area (Å²) in [5.41, 5.74) is 2.24. The van der Waals surface area contributed by atoms with E-state index in [9.17, 15) is 4.79 Å². The van der Waals surface area contributed by atoms with Gasteiger partial charge >= 0.3 is 0 Å². The summed E-state index contributed by atoms with van der Waals surface area (Å²) in [4.78, 5) is 15.6. The van der Waals surface area contributed by atoms with Crippen molar-refractivity contribution in [2.45, 2.75) is 19.4 Å². The second-order valence-corrected chi connectivity index (χ2v) is 3.73. The lowest BCUT2D eigenvalue weighted by Crippen LogP contribution is -2.24. The molecule has 2 rings (SSSR count). The number of amides is 1. The molecule has 0 saturated carbocycles. The Morgan fingerprint density at radius 3 is 2.50 bits per heavy atom. The predicted octanol–water partition coefficient (Wildman–Crippen LogP) is 0.995. The Kier molecular flexibility index (Phi) is 2.90. The van der Waals surface area contributed by atoms with Crippen molar-refractivity contribution in [3.05, 3.63) is 35.4 Å². The van der Waals surface area contributed by atoms with E-state index in [0.717, 1.165) is 12.0 Å². The maximum atomic E-state index is 11.6. The van der Waals surface area contributed by atoms with Gasteiger partial charge in [-0.15, -0.1) is 0 Å². The van der Waals surface area contributed by atoms with E-state index in [1.54, 1.807) is 7.05 Å². The van der Waals surface area contributed by atoms with Crippen LogP contribution in [0.4, 0.5) is 0 Å². The van der Waals surface area contributed by atoms with Crippen molar-refractivity contribution in [2.24, 2.45) is 4.99 Å². The van der Waals surface area contributed by atoms with Gasteiger partial charge in [0.25, 0.3) is 5.91 Å². The van der Waals surface area contributed by atoms with Crippen LogP contribution < -0.4 is 10.6 Å². The number of hydrogen-bond acceptors (Lipinski definition) is 2. The summed E-state index contributed by atoms with van der Waals surface area (Å²) in [5, 5.41) is 5.71. The first kappa shape index (κ1) is 10.7. The fourth-order valence-corrected chi connectivity index (χ4v) is 1.73. The molecule has 0 aliphatic carbocycles. The third-order valence-corrected chi connectivity index (χ3v) is 2.73. The predicted molar refractivity (Wildman–Crippen MR) is 63.2 cm³/mol. The molecule has 4 nitrogen and oxygen atoms in total. The van der Waals surface area contributed by atoms with E-state index in [-0.39, 0.29) is 11.9 Å². The summed E-state index contributed by atoms with van der Waals surface area (Å²) in [6.07, 6.45) is 1.01. The molecule has 0 spiro atoms. The highest BCUT2D eigenvalue weighted by molar-refractivity contribution is 6.06. The van der Waals surface area contributed by atoms with E-state index >= 15 is 0 Å². The van der Waals surface area contributed by atoms with Gasteiger partial charge in [-0.1, -0.05) is 31.2 Å². The lowest BCUT2D eigenvalue weighted by atomic mass is 10.0. The molecule has 1 aromatic rings. The van der Waals surface area contributed by atoms with Gasteiger partial charge in [-0.2, -0.15) is 0 Å². The fourth-order valence-electron chi connectivity index (χ4n) is 1.73. The lowest BCUT2D eigenvalue weighted by Gasteiger charge is -2.08. The van der Waals surface area contributed by atoms with Crippen LogP contribution in [0.25, 0.3) is 0 Å². The van der Waals surface area contributed by atoms with E-state index in [1.165, 1.54) is 5.56 Å². The summed E-state index contributed by atoms with van der Waals surface area (Å²) < 4.78 is 0. The molecule has 0 aromatic heterocycles. The maximum absolute atomic E-state index is 11.6. The molecule has 1 fully saturated rings. The summed E-state index contributed by atoms with van der Waals surface area (Å²) in [6.45, 7) is 2.11. The molecule has 4 heteroatoms. The number of aliphatic imine (C=N–C) groups is 1. The lowest BCUT2D eigenvalue weighted by molar-refractivity contribution is -0.120. The van der Waals surface area contributed by atoms with Gasteiger partial charge in [-0.3, -0.25) is 15.1 Å². The minimum Gasteiger partial charge on any atom is -0.340 e. The molecule has 1 atom stereocenters. The zero-order valence-corrected chi connectivity index (χ0v) is 9.45. The van der Waals surface area contributed by atoms with Crippen LogP contribution in [0.5, 0.6) is 0 Å². The number of rotatable bonds is 2. The van der Waals surface area contributed by atoms with Gasteiger partial charge in [0, 0.05) is 7.05 Å². The van der Waals surface area contributed by atoms with E-state index in [0.29, 0.717) is 5.96 Å². The Hall–Kier alpha value is -1.84. The summed E-state index contributed by atoms with van der Waals surface area (Å²) >= 11 is 0. The van der Waals surface area contributed by atoms with Gasteiger partial charge in [0.2, 0.25) is 0 Å². The molecule has 84 valence electrons. The van der Waals surface area contributed by atoms with Crippen LogP contribution in [0.15, 0.2) is 29.3 Å². The quantitative estimate of drug-likeness (QED) is 0.776. The van der Waals surface area contributed by atoms with Gasteiger partial charge in [0.1, 0.15) is 6.04 Å². The highest BCUT2D eigenvalue weighted by Gasteiger charge is 2.28. The average molecular weight is 217 g/mol. The number of guanidine groups is 1. The number of carbonyl (C=O) groups excluding carboxylic acids is 1. The standard InChI is InChI=1S/C12H15N3O/c1-3-8-4-6-9(7-5-8)10-11(16)15-12(13-2)14-10/h4-7,10H,3H2,1-2H3,(H2,13,14,15,16). The van der Waals surface area contributed by atoms with E-state index in [4.69, 9.17) is 0 Å². The van der Waals surface area contributed by atoms with Gasteiger partial charge in [0.15, 0.2) is 5.96 Å². The zero-order valence-electron chi connectivity index (χ0n) is 9.45. The average Bonchev–Trinajstić information content (AvgIpc) is 2.71. The number of carbonyl (C=O) groups is 1. The Labute approximate surface area is 94.8 Å². The largest absolute Gasteiger partial charge is 0.340 e. The molecule has 1 aliphatic heterocycles. The van der Waals surface area contributed by atoms with Crippen LogP contribution in [0, 0.1) is 0 Å². The number of aryl methyl sites for hydroxylation is 1. The molecule has 0 radical (unpaired) electrons. The van der Waals surface area contributed by atoms with E-state index in [1.807, 2.05) is 24.3 Å². The van der Waals surface area contributed by atoms with Crippen LogP contribution in [-0.4, -0.2) is 18.9 Å². The molecule has 2 N–H and O–H groups in total. The molecule has 1 unspecified atom stereocenters. The Bertz CT molecular complexity index is 422. The normalized spacial score (nSPS) is 22.0. The first-order chi connectivity index (χ1) is 7.74. The second-order valence-electron chi connectivity index (χ2n) is 3.73. The summed E-state index contributed by atoms with van der Waals surface area (Å²) in [6, 6.07) is 7.74. The van der Waals surface area contributed by atoms with Crippen LogP contribution in [0.3, 0.4) is 0 Å². The third kappa shape index (κ3) is 1.91. The first-order valence-electron chi connectivity index (χ1n) is 5.37. The highest BCUT2D eigenvalue weighted by atomic mass is 16.2. The number of hydrogen-bond donors (Lipinski definition) is 2. The van der Waals surface area contributed by atoms with Crippen molar-refractivity contribution in [2.75, 3.05) is 7.05 Å². The highest BCUT2D eigenvalue weighted by Crippen LogP contribution is 2.17. The molecular formula is C12H15N3O. The van der Waals surface area contributed by atoms with Crippen molar-refractivity contribution in [1.82, 2.24) is 10.6 Å². The van der Waals surface area contributed by atoms with Crippen LogP contribution in [0.2, 0.25) is 0 Å². The molecule has 1 aliphatic rings. The van der Waals surface area contributed by atoms with Gasteiger partial charge in [0.05, 0.1) is 0 Å². The molecule has 0 bridgehead atoms. The molecule has 1 heterocycles. The van der Waals surface area contributed by atoms with Gasteiger partial charge < -0.3 is 5.32 Å². The molecular weight excluding hydrogens is 202 g/mol. The van der Waals surface area contributed by atoms with Crippen LogP contribution >= 0.6 is 0 Å². The third-order valence-electron chi connectivity index (χ3n) is 2.73. The van der Waals surface area contributed by atoms with Crippen molar-refractivity contribution < 1.29 is 4.79 Å². The summed E-state index contributed by atoms with van der Waals surface area (Å²) in [5.74, 6) is 0.486. The number of nitrogens with zero attached hydrogens (tertiary/aromatic N) is 1. The Morgan fingerprint density at radius 2 is 2.00 bits per heavy atom. The SMILES string of the molecule is CCc1ccc(C2NC(=NC)NC2=O)cc1. The topological polar surface area (TPSA) is 53.5 Å². The minimum atomic E-state index is -0.315. The maximum Gasteiger partial charge on any atom is 0.253 e. The molecule has 1 amide bonds. The molecule has 1 saturated heterocycles. The molecule has 16 heavy (non-hydrogen) atoms. The number of benzene rings is 1. The Balaban J connectivity index is 2.21. The van der Waals surface area contributed by atoms with E-state index in [2.05, 4.69) is 22.5 Å². The Morgan fingerprint density at radius 1 is 1.31 bits per heavy atom. The van der Waals surface area contributed by atoms with Crippen LogP contribution in [0.1, 0.15) is 24.1 Å². The van der Waals surface area contributed by atoms with Crippen molar-refractivity contribution in [1.29, 1.82) is 0 Å². The first-order valence-corrected chi connectivity index (χ1v) is 5.37. The van der Waals surface area contributed by atoms with Gasteiger partial charge in [-0.25, -0.2) is 0 Å². The zero-order chi connectivity index (χ0) is 11.5. The minimum absolute atomic E-state index is 0.0511.